The molecule has 0 radical (unpaired) electrons. The van der Waals surface area contributed by atoms with Crippen LogP contribution in [-0.4, -0.2) is 11.7 Å². The molecule has 5 heavy (non-hydrogen) atoms. The van der Waals surface area contributed by atoms with Crippen LogP contribution in [0.3, 0.4) is 0 Å². The highest BCUT2D eigenvalue weighted by Crippen LogP contribution is 1.63. The van der Waals surface area contributed by atoms with E-state index >= 15 is 0 Å². The van der Waals surface area contributed by atoms with Gasteiger partial charge in [-0.05, 0) is 0 Å². The summed E-state index contributed by atoms with van der Waals surface area (Å²) >= 11 is 3.56. The third-order valence-corrected chi connectivity index (χ3v) is 0.431. The number of carbonyl (C=O) groups is 1. The standard InChI is InChI=1S/C2H5NOS/c3-2(4)1-5/h5H,1H2,(H2,3,4)/i/hT. The van der Waals surface area contributed by atoms with Gasteiger partial charge in [0.1, 0.15) is 0 Å². The molecule has 0 unspecified atom stereocenters. The molecule has 0 aliphatic rings. The molecule has 0 heterocycles. The monoisotopic (exact) mass is 93.0 g/mol. The van der Waals surface area contributed by atoms with Crippen molar-refractivity contribution in [2.24, 2.45) is 5.73 Å². The van der Waals surface area contributed by atoms with Crippen LogP contribution < -0.4 is 5.73 Å². The van der Waals surface area contributed by atoms with Crippen molar-refractivity contribution < 1.29 is 6.21 Å². The van der Waals surface area contributed by atoms with Crippen molar-refractivity contribution >= 4 is 18.5 Å². The lowest BCUT2D eigenvalue weighted by Gasteiger charge is -1.72. The Bertz CT molecular complexity index is 51.5. The first-order chi connectivity index (χ1) is 2.81. The van der Waals surface area contributed by atoms with Gasteiger partial charge in [0.15, 0.2) is 1.41 Å². The Balaban J connectivity index is 2.99. The second-order valence-electron chi connectivity index (χ2n) is 0.581. The van der Waals surface area contributed by atoms with E-state index in [9.17, 15) is 4.79 Å². The lowest BCUT2D eigenvalue weighted by Crippen LogP contribution is -2.10. The molecule has 0 aromatic heterocycles. The molecule has 0 aliphatic heterocycles. The van der Waals surface area contributed by atoms with Crippen molar-refractivity contribution in [2.75, 3.05) is 5.75 Å². The summed E-state index contributed by atoms with van der Waals surface area (Å²) in [6.45, 7) is 0. The van der Waals surface area contributed by atoms with E-state index in [1.807, 2.05) is 0 Å². The summed E-state index contributed by atoms with van der Waals surface area (Å²) in [5.41, 5.74) is 1.65. The number of hydrogen-bond donors (Lipinski definition) is 2. The van der Waals surface area contributed by atoms with Gasteiger partial charge in [0.2, 0.25) is 5.91 Å². The summed E-state index contributed by atoms with van der Waals surface area (Å²) in [6.07, 6.45) is 0. The number of amides is 1. The fraction of sp³-hybridized carbons (Fsp3) is 0.500. The zero-order valence-electron chi connectivity index (χ0n) is 3.56. The molecule has 1 amide bonds. The molecule has 0 saturated carbocycles. The molecule has 0 spiro atoms. The summed E-state index contributed by atoms with van der Waals surface area (Å²) in [4.78, 5) is 9.81. The van der Waals surface area contributed by atoms with Gasteiger partial charge in [-0.1, -0.05) is 0 Å². The first-order valence-corrected chi connectivity index (χ1v) is 1.76. The van der Waals surface area contributed by atoms with Gasteiger partial charge in [-0.3, -0.25) is 4.79 Å². The summed E-state index contributed by atoms with van der Waals surface area (Å²) in [6, 6.07) is 0. The van der Waals surface area contributed by atoms with E-state index in [1.54, 1.807) is 5.73 Å². The zero-order valence-corrected chi connectivity index (χ0v) is 3.46. The third-order valence-electron chi connectivity index (χ3n) is 0.144. The van der Waals surface area contributed by atoms with E-state index in [2.05, 4.69) is 12.6 Å². The van der Waals surface area contributed by atoms with Crippen LogP contribution in [0.25, 0.3) is 0 Å². The molecule has 3 heteroatoms. The van der Waals surface area contributed by atoms with Gasteiger partial charge in [0, 0.05) is 0 Å². The van der Waals surface area contributed by atoms with Crippen LogP contribution >= 0.6 is 12.6 Å². The molecule has 0 aromatic carbocycles. The quantitative estimate of drug-likeness (QED) is 0.418. The topological polar surface area (TPSA) is 43.1 Å². The van der Waals surface area contributed by atoms with Crippen molar-refractivity contribution in [3.8, 4) is 0 Å². The zero-order chi connectivity index (χ0) is 4.99. The molecular weight excluding hydrogens is 86.1 g/mol. The SMILES string of the molecule is [3H]NC(=O)CS. The largest absolute Gasteiger partial charge is 0.369 e. The van der Waals surface area contributed by atoms with Crippen molar-refractivity contribution in [3.63, 3.8) is 0 Å². The second-order valence-corrected chi connectivity index (χ2v) is 0.898. The number of primary amides is 1. The van der Waals surface area contributed by atoms with Crippen LogP contribution in [0.2, 0.25) is 1.41 Å². The summed E-state index contributed by atoms with van der Waals surface area (Å²) in [5.74, 6) is -0.290. The minimum absolute atomic E-state index is 0.0868. The van der Waals surface area contributed by atoms with Crippen LogP contribution in [0, 0.1) is 0 Å². The van der Waals surface area contributed by atoms with E-state index in [0.29, 0.717) is 0 Å². The summed E-state index contributed by atoms with van der Waals surface area (Å²) < 4.78 is 6.16. The van der Waals surface area contributed by atoms with Gasteiger partial charge in [-0.25, -0.2) is 0 Å². The molecular formula is C2H5NOS. The number of rotatable bonds is 1. The Morgan fingerprint density at radius 3 is 3.00 bits per heavy atom. The van der Waals surface area contributed by atoms with E-state index in [-0.39, 0.29) is 11.7 Å². The fourth-order valence-corrected chi connectivity index (χ4v) is 0. The average molecular weight is 93.1 g/mol. The average Bonchev–Trinajstić information content (AvgIpc) is 1.65. The lowest BCUT2D eigenvalue weighted by molar-refractivity contribution is -0.115. The minimum atomic E-state index is -0.377. The van der Waals surface area contributed by atoms with Crippen molar-refractivity contribution in [2.45, 2.75) is 0 Å². The Kier molecular flexibility index (Phi) is 1.26. The van der Waals surface area contributed by atoms with E-state index in [4.69, 9.17) is 1.41 Å². The maximum Gasteiger partial charge on any atom is 0.227 e. The van der Waals surface area contributed by atoms with Crippen LogP contribution in [0.1, 0.15) is 0 Å². The molecule has 0 fully saturated rings. The molecule has 0 saturated heterocycles. The maximum atomic E-state index is 9.81. The molecule has 2 nitrogen and oxygen atoms in total. The highest BCUT2D eigenvalue weighted by molar-refractivity contribution is 7.81. The number of hydrogen-bond acceptors (Lipinski definition) is 2. The smallest absolute Gasteiger partial charge is 0.227 e. The van der Waals surface area contributed by atoms with Crippen LogP contribution in [0.5, 0.6) is 0 Å². The van der Waals surface area contributed by atoms with E-state index in [1.165, 1.54) is 0 Å². The summed E-state index contributed by atoms with van der Waals surface area (Å²) in [5, 5.41) is 0. The third kappa shape index (κ3) is 3.82. The van der Waals surface area contributed by atoms with Gasteiger partial charge in [0.25, 0.3) is 0 Å². The normalized spacial score (nSPS) is 9.40. The minimum Gasteiger partial charge on any atom is -0.369 e. The fourth-order valence-electron chi connectivity index (χ4n) is 0. The highest BCUT2D eigenvalue weighted by Gasteiger charge is 1.78. The van der Waals surface area contributed by atoms with Gasteiger partial charge in [0.05, 0.1) is 5.75 Å². The molecule has 0 rings (SSSR count). The predicted molar refractivity (Wildman–Crippen MR) is 23.0 cm³/mol. The van der Waals surface area contributed by atoms with Gasteiger partial charge in [-0.15, -0.1) is 0 Å². The lowest BCUT2D eigenvalue weighted by atomic mass is 10.8. The Hall–Kier alpha value is -0.180. The van der Waals surface area contributed by atoms with Crippen LogP contribution in [0.4, 0.5) is 0 Å². The van der Waals surface area contributed by atoms with Gasteiger partial charge < -0.3 is 5.73 Å². The molecule has 0 aliphatic carbocycles. The Morgan fingerprint density at radius 2 is 3.00 bits per heavy atom. The van der Waals surface area contributed by atoms with Crippen molar-refractivity contribution in [1.29, 1.82) is 0 Å². The van der Waals surface area contributed by atoms with Crippen LogP contribution in [-0.2, 0) is 4.79 Å². The molecule has 2 N–H and O–H groups in total. The van der Waals surface area contributed by atoms with E-state index < -0.39 is 0 Å². The first kappa shape index (κ1) is 3.03. The number of nitrogens with two attached hydrogens (primary N) is 1. The summed E-state index contributed by atoms with van der Waals surface area (Å²) in [7, 11) is 0. The predicted octanol–water partition coefficient (Wildman–Crippen LogP) is -0.599. The second kappa shape index (κ2) is 2.08. The van der Waals surface area contributed by atoms with Crippen molar-refractivity contribution in [1.82, 2.24) is 0 Å². The highest BCUT2D eigenvalue weighted by atomic mass is 32.1. The first-order valence-electron chi connectivity index (χ1n) is 1.62. The van der Waals surface area contributed by atoms with Gasteiger partial charge >= 0.3 is 0 Å². The molecule has 0 aromatic rings. The van der Waals surface area contributed by atoms with Crippen molar-refractivity contribution in [3.05, 3.63) is 0 Å². The number of carbonyl (C=O) groups excluding carboxylic acids is 1. The Morgan fingerprint density at radius 1 is 2.40 bits per heavy atom. The van der Waals surface area contributed by atoms with Gasteiger partial charge in [-0.2, -0.15) is 12.6 Å². The molecule has 0 bridgehead atoms. The maximum absolute atomic E-state index is 9.81. The van der Waals surface area contributed by atoms with E-state index in [0.717, 1.165) is 0 Å². The molecule has 0 atom stereocenters. The number of thiol groups is 1. The van der Waals surface area contributed by atoms with Crippen LogP contribution in [0.15, 0.2) is 0 Å². The molecule has 30 valence electrons. The Labute approximate surface area is 37.2 Å².